The number of ether oxygens (including phenoxy) is 1. The van der Waals surface area contributed by atoms with Crippen LogP contribution >= 0.6 is 0 Å². The number of hydrogen-bond donors (Lipinski definition) is 2. The highest BCUT2D eigenvalue weighted by Crippen LogP contribution is 2.22. The Balaban J connectivity index is 1.45. The van der Waals surface area contributed by atoms with Crippen LogP contribution in [0.1, 0.15) is 37.0 Å². The van der Waals surface area contributed by atoms with Crippen molar-refractivity contribution in [1.29, 1.82) is 0 Å². The molecule has 0 saturated carbocycles. The molecule has 1 amide bonds. The van der Waals surface area contributed by atoms with E-state index in [1.807, 2.05) is 78.9 Å². The van der Waals surface area contributed by atoms with Crippen LogP contribution in [-0.2, 0) is 4.79 Å². The summed E-state index contributed by atoms with van der Waals surface area (Å²) in [6.07, 6.45) is -0.745. The maximum atomic E-state index is 12.0. The molecule has 0 aromatic heterocycles. The molecule has 0 aliphatic carbocycles. The Labute approximate surface area is 172 Å². The van der Waals surface area contributed by atoms with E-state index in [4.69, 9.17) is 4.74 Å². The highest BCUT2D eigenvalue weighted by Gasteiger charge is 2.11. The van der Waals surface area contributed by atoms with Gasteiger partial charge in [-0.1, -0.05) is 80.6 Å². The summed E-state index contributed by atoms with van der Waals surface area (Å²) in [7, 11) is 0. The maximum absolute atomic E-state index is 12.0. The van der Waals surface area contributed by atoms with Gasteiger partial charge in [-0.3, -0.25) is 4.79 Å². The lowest BCUT2D eigenvalue weighted by Crippen LogP contribution is -2.32. The van der Waals surface area contributed by atoms with Crippen molar-refractivity contribution in [2.45, 2.75) is 25.9 Å². The standard InChI is InChI=1S/C25H27NO3/c1-18(2)19-8-10-22(11-9-19)24(27)16-26-25(28)17-29-23-14-12-21(13-15-23)20-6-4-3-5-7-20/h3-15,18,24,27H,16-17H2,1-2H3,(H,26,28). The Kier molecular flexibility index (Phi) is 7.04. The Bertz CT molecular complexity index is 903. The molecule has 0 radical (unpaired) electrons. The minimum absolute atomic E-state index is 0.0936. The molecule has 1 unspecified atom stereocenters. The van der Waals surface area contributed by atoms with Crippen LogP contribution in [0.2, 0.25) is 0 Å². The van der Waals surface area contributed by atoms with Gasteiger partial charge in [-0.25, -0.2) is 0 Å². The van der Waals surface area contributed by atoms with E-state index in [2.05, 4.69) is 19.2 Å². The predicted octanol–water partition coefficient (Wildman–Crippen LogP) is 4.71. The van der Waals surface area contributed by atoms with Gasteiger partial charge >= 0.3 is 0 Å². The average molecular weight is 389 g/mol. The second-order valence-electron chi connectivity index (χ2n) is 7.32. The number of carbonyl (C=O) groups is 1. The topological polar surface area (TPSA) is 58.6 Å². The Morgan fingerprint density at radius 2 is 1.45 bits per heavy atom. The molecule has 29 heavy (non-hydrogen) atoms. The third-order valence-corrected chi connectivity index (χ3v) is 4.81. The van der Waals surface area contributed by atoms with Crippen molar-refractivity contribution in [1.82, 2.24) is 5.32 Å². The van der Waals surface area contributed by atoms with Gasteiger partial charge in [-0.05, 0) is 40.3 Å². The summed E-state index contributed by atoms with van der Waals surface area (Å²) in [6, 6.07) is 25.5. The predicted molar refractivity (Wildman–Crippen MR) is 116 cm³/mol. The summed E-state index contributed by atoms with van der Waals surface area (Å²) in [6.45, 7) is 4.31. The van der Waals surface area contributed by atoms with Crippen molar-refractivity contribution in [3.05, 3.63) is 90.0 Å². The lowest BCUT2D eigenvalue weighted by Gasteiger charge is -2.14. The minimum Gasteiger partial charge on any atom is -0.484 e. The molecule has 0 spiro atoms. The summed E-state index contributed by atoms with van der Waals surface area (Å²) in [5, 5.41) is 13.0. The second-order valence-corrected chi connectivity index (χ2v) is 7.32. The number of aliphatic hydroxyl groups is 1. The largest absolute Gasteiger partial charge is 0.484 e. The SMILES string of the molecule is CC(C)c1ccc(C(O)CNC(=O)COc2ccc(-c3ccccc3)cc2)cc1. The maximum Gasteiger partial charge on any atom is 0.258 e. The first-order valence-electron chi connectivity index (χ1n) is 9.86. The lowest BCUT2D eigenvalue weighted by molar-refractivity contribution is -0.123. The number of nitrogens with one attached hydrogen (secondary N) is 1. The van der Waals surface area contributed by atoms with E-state index in [-0.39, 0.29) is 19.1 Å². The zero-order valence-corrected chi connectivity index (χ0v) is 16.8. The zero-order chi connectivity index (χ0) is 20.6. The smallest absolute Gasteiger partial charge is 0.258 e. The fourth-order valence-electron chi connectivity index (χ4n) is 3.01. The number of amides is 1. The molecule has 2 N–H and O–H groups in total. The molecule has 3 rings (SSSR count). The van der Waals surface area contributed by atoms with Crippen LogP contribution in [0, 0.1) is 0 Å². The van der Waals surface area contributed by atoms with Crippen molar-refractivity contribution in [2.24, 2.45) is 0 Å². The summed E-state index contributed by atoms with van der Waals surface area (Å²) in [4.78, 5) is 12.0. The average Bonchev–Trinajstić information content (AvgIpc) is 2.77. The molecule has 3 aromatic carbocycles. The number of aliphatic hydroxyl groups excluding tert-OH is 1. The summed E-state index contributed by atoms with van der Waals surface area (Å²) in [5.41, 5.74) is 4.23. The summed E-state index contributed by atoms with van der Waals surface area (Å²) >= 11 is 0. The highest BCUT2D eigenvalue weighted by molar-refractivity contribution is 5.77. The third kappa shape index (κ3) is 5.93. The van der Waals surface area contributed by atoms with Crippen LogP contribution in [0.3, 0.4) is 0 Å². The van der Waals surface area contributed by atoms with Gasteiger partial charge in [0, 0.05) is 6.54 Å². The van der Waals surface area contributed by atoms with Crippen LogP contribution in [-0.4, -0.2) is 24.2 Å². The van der Waals surface area contributed by atoms with E-state index in [9.17, 15) is 9.90 Å². The van der Waals surface area contributed by atoms with Gasteiger partial charge in [-0.2, -0.15) is 0 Å². The summed E-state index contributed by atoms with van der Waals surface area (Å²) in [5.74, 6) is 0.805. The van der Waals surface area contributed by atoms with Crippen LogP contribution in [0.15, 0.2) is 78.9 Å². The molecule has 4 heteroatoms. The van der Waals surface area contributed by atoms with Crippen LogP contribution < -0.4 is 10.1 Å². The van der Waals surface area contributed by atoms with Gasteiger partial charge < -0.3 is 15.2 Å². The number of carbonyl (C=O) groups excluding carboxylic acids is 1. The zero-order valence-electron chi connectivity index (χ0n) is 16.8. The van der Waals surface area contributed by atoms with Gasteiger partial charge in [0.25, 0.3) is 5.91 Å². The van der Waals surface area contributed by atoms with Crippen molar-refractivity contribution < 1.29 is 14.6 Å². The molecule has 0 heterocycles. The Morgan fingerprint density at radius 1 is 0.862 bits per heavy atom. The van der Waals surface area contributed by atoms with E-state index in [1.165, 1.54) is 5.56 Å². The number of rotatable bonds is 8. The molecule has 0 aliphatic heterocycles. The first-order valence-corrected chi connectivity index (χ1v) is 9.86. The number of benzene rings is 3. The third-order valence-electron chi connectivity index (χ3n) is 4.81. The van der Waals surface area contributed by atoms with Crippen molar-refractivity contribution in [3.8, 4) is 16.9 Å². The molecule has 0 aliphatic rings. The van der Waals surface area contributed by atoms with E-state index in [0.29, 0.717) is 11.7 Å². The first-order chi connectivity index (χ1) is 14.0. The molecule has 3 aromatic rings. The fourth-order valence-corrected chi connectivity index (χ4v) is 3.01. The molecule has 150 valence electrons. The highest BCUT2D eigenvalue weighted by atomic mass is 16.5. The normalized spacial score (nSPS) is 11.9. The molecular formula is C25H27NO3. The Morgan fingerprint density at radius 3 is 2.07 bits per heavy atom. The van der Waals surface area contributed by atoms with E-state index in [1.54, 1.807) is 0 Å². The molecular weight excluding hydrogens is 362 g/mol. The van der Waals surface area contributed by atoms with Gasteiger partial charge in [0.05, 0.1) is 6.10 Å². The monoisotopic (exact) mass is 389 g/mol. The lowest BCUT2D eigenvalue weighted by atomic mass is 10.00. The second kappa shape index (κ2) is 9.89. The summed E-state index contributed by atoms with van der Waals surface area (Å²) < 4.78 is 5.55. The molecule has 0 fully saturated rings. The van der Waals surface area contributed by atoms with Gasteiger partial charge in [0.15, 0.2) is 6.61 Å². The van der Waals surface area contributed by atoms with Gasteiger partial charge in [0.1, 0.15) is 5.75 Å². The van der Waals surface area contributed by atoms with E-state index >= 15 is 0 Å². The molecule has 0 bridgehead atoms. The van der Waals surface area contributed by atoms with Crippen molar-refractivity contribution >= 4 is 5.91 Å². The van der Waals surface area contributed by atoms with E-state index < -0.39 is 6.10 Å². The Hall–Kier alpha value is -3.11. The minimum atomic E-state index is -0.745. The quantitative estimate of drug-likeness (QED) is 0.587. The fraction of sp³-hybridized carbons (Fsp3) is 0.240. The van der Waals surface area contributed by atoms with Crippen molar-refractivity contribution in [2.75, 3.05) is 13.2 Å². The van der Waals surface area contributed by atoms with Crippen LogP contribution in [0.25, 0.3) is 11.1 Å². The van der Waals surface area contributed by atoms with E-state index in [0.717, 1.165) is 16.7 Å². The number of hydrogen-bond acceptors (Lipinski definition) is 3. The van der Waals surface area contributed by atoms with Gasteiger partial charge in [0.2, 0.25) is 0 Å². The molecule has 1 atom stereocenters. The molecule has 0 saturated heterocycles. The van der Waals surface area contributed by atoms with Crippen LogP contribution in [0.5, 0.6) is 5.75 Å². The van der Waals surface area contributed by atoms with Crippen LogP contribution in [0.4, 0.5) is 0 Å². The first kappa shape index (κ1) is 20.6. The van der Waals surface area contributed by atoms with Crippen molar-refractivity contribution in [3.63, 3.8) is 0 Å². The van der Waals surface area contributed by atoms with Gasteiger partial charge in [-0.15, -0.1) is 0 Å². The molecule has 4 nitrogen and oxygen atoms in total.